The Balaban J connectivity index is 1.63. The average molecular weight is 324 g/mol. The second-order valence-corrected chi connectivity index (χ2v) is 5.49. The van der Waals surface area contributed by atoms with E-state index in [1.807, 2.05) is 31.2 Å². The van der Waals surface area contributed by atoms with Gasteiger partial charge in [0, 0.05) is 0 Å². The van der Waals surface area contributed by atoms with Gasteiger partial charge in [0.1, 0.15) is 18.5 Å². The van der Waals surface area contributed by atoms with Crippen molar-refractivity contribution in [2.45, 2.75) is 19.4 Å². The van der Waals surface area contributed by atoms with Gasteiger partial charge < -0.3 is 5.32 Å². The maximum atomic E-state index is 13.6. The molecular weight excluding hydrogens is 307 g/mol. The zero-order chi connectivity index (χ0) is 16.9. The summed E-state index contributed by atoms with van der Waals surface area (Å²) in [5.74, 6) is -0.578. The van der Waals surface area contributed by atoms with Crippen molar-refractivity contribution in [3.05, 3.63) is 78.1 Å². The third-order valence-corrected chi connectivity index (χ3v) is 3.76. The van der Waals surface area contributed by atoms with Gasteiger partial charge in [-0.05, 0) is 36.2 Å². The van der Waals surface area contributed by atoms with Crippen LogP contribution in [-0.4, -0.2) is 20.7 Å². The van der Waals surface area contributed by atoms with Gasteiger partial charge in [-0.2, -0.15) is 5.10 Å². The van der Waals surface area contributed by atoms with Crippen molar-refractivity contribution in [2.24, 2.45) is 0 Å². The van der Waals surface area contributed by atoms with Crippen molar-refractivity contribution in [3.63, 3.8) is 0 Å². The van der Waals surface area contributed by atoms with E-state index in [1.165, 1.54) is 12.4 Å². The van der Waals surface area contributed by atoms with E-state index >= 15 is 0 Å². The summed E-state index contributed by atoms with van der Waals surface area (Å²) >= 11 is 0. The van der Waals surface area contributed by atoms with Crippen LogP contribution in [0.1, 0.15) is 24.1 Å². The average Bonchev–Trinajstić information content (AvgIpc) is 3.11. The Labute approximate surface area is 139 Å². The van der Waals surface area contributed by atoms with E-state index in [4.69, 9.17) is 0 Å². The number of halogens is 1. The van der Waals surface area contributed by atoms with Gasteiger partial charge in [0.25, 0.3) is 0 Å². The van der Waals surface area contributed by atoms with Crippen molar-refractivity contribution in [3.8, 4) is 5.69 Å². The Kier molecular flexibility index (Phi) is 4.65. The number of hydrogen-bond donors (Lipinski definition) is 1. The molecule has 122 valence electrons. The highest BCUT2D eigenvalue weighted by atomic mass is 19.1. The first-order valence-corrected chi connectivity index (χ1v) is 7.61. The lowest BCUT2D eigenvalue weighted by molar-refractivity contribution is -0.121. The van der Waals surface area contributed by atoms with Gasteiger partial charge in [-0.3, -0.25) is 4.79 Å². The summed E-state index contributed by atoms with van der Waals surface area (Å²) in [5, 5.41) is 6.95. The molecule has 1 amide bonds. The first-order chi connectivity index (χ1) is 11.6. The molecule has 2 aromatic carbocycles. The van der Waals surface area contributed by atoms with E-state index in [9.17, 15) is 9.18 Å². The molecule has 0 saturated carbocycles. The molecule has 0 aliphatic heterocycles. The zero-order valence-corrected chi connectivity index (χ0v) is 13.2. The molecule has 3 aromatic rings. The SMILES string of the molecule is C[C@H](NC(=O)Cc1ccccc1F)c1ccc(-n2cncn2)cc1. The fraction of sp³-hybridized carbons (Fsp3) is 0.167. The van der Waals surface area contributed by atoms with Crippen LogP contribution in [0.15, 0.2) is 61.2 Å². The summed E-state index contributed by atoms with van der Waals surface area (Å²) in [6.07, 6.45) is 3.11. The van der Waals surface area contributed by atoms with Gasteiger partial charge in [-0.15, -0.1) is 0 Å². The van der Waals surface area contributed by atoms with Gasteiger partial charge in [0.05, 0.1) is 18.2 Å². The van der Waals surface area contributed by atoms with Crippen molar-refractivity contribution in [2.75, 3.05) is 0 Å². The van der Waals surface area contributed by atoms with Crippen LogP contribution in [-0.2, 0) is 11.2 Å². The van der Waals surface area contributed by atoms with Crippen LogP contribution >= 0.6 is 0 Å². The standard InChI is InChI=1S/C18H17FN4O/c1-13(22-18(24)10-15-4-2-3-5-17(15)19)14-6-8-16(9-7-14)23-12-20-11-21-23/h2-9,11-13H,10H2,1H3,(H,22,24)/t13-/m0/s1. The number of benzene rings is 2. The smallest absolute Gasteiger partial charge is 0.225 e. The maximum absolute atomic E-state index is 13.6. The van der Waals surface area contributed by atoms with E-state index in [2.05, 4.69) is 15.4 Å². The van der Waals surface area contributed by atoms with E-state index < -0.39 is 0 Å². The second-order valence-electron chi connectivity index (χ2n) is 5.49. The Morgan fingerprint density at radius 3 is 2.62 bits per heavy atom. The quantitative estimate of drug-likeness (QED) is 0.785. The van der Waals surface area contributed by atoms with Crippen LogP contribution in [0.5, 0.6) is 0 Å². The molecule has 1 aromatic heterocycles. The number of carbonyl (C=O) groups is 1. The molecule has 0 fully saturated rings. The number of nitrogens with one attached hydrogen (secondary N) is 1. The van der Waals surface area contributed by atoms with Crippen LogP contribution < -0.4 is 5.32 Å². The van der Waals surface area contributed by atoms with Crippen LogP contribution in [0.4, 0.5) is 4.39 Å². The normalized spacial score (nSPS) is 11.9. The van der Waals surface area contributed by atoms with Gasteiger partial charge in [-0.25, -0.2) is 14.1 Å². The molecule has 0 unspecified atom stereocenters. The van der Waals surface area contributed by atoms with Crippen molar-refractivity contribution in [1.29, 1.82) is 0 Å². The number of carbonyl (C=O) groups excluding carboxylic acids is 1. The highest BCUT2D eigenvalue weighted by Gasteiger charge is 2.12. The lowest BCUT2D eigenvalue weighted by atomic mass is 10.1. The molecule has 0 bridgehead atoms. The molecule has 5 nitrogen and oxygen atoms in total. The molecule has 3 rings (SSSR count). The summed E-state index contributed by atoms with van der Waals surface area (Å²) in [5.41, 5.74) is 2.24. The summed E-state index contributed by atoms with van der Waals surface area (Å²) in [6, 6.07) is 13.8. The van der Waals surface area contributed by atoms with Gasteiger partial charge in [0.15, 0.2) is 0 Å². The van der Waals surface area contributed by atoms with Gasteiger partial charge in [0.2, 0.25) is 5.91 Å². The van der Waals surface area contributed by atoms with Gasteiger partial charge >= 0.3 is 0 Å². The summed E-state index contributed by atoms with van der Waals surface area (Å²) in [7, 11) is 0. The third kappa shape index (κ3) is 3.65. The second kappa shape index (κ2) is 7.04. The molecule has 24 heavy (non-hydrogen) atoms. The van der Waals surface area contributed by atoms with Crippen LogP contribution in [0, 0.1) is 5.82 Å². The number of nitrogens with zero attached hydrogens (tertiary/aromatic N) is 3. The van der Waals surface area contributed by atoms with Crippen molar-refractivity contribution in [1.82, 2.24) is 20.1 Å². The van der Waals surface area contributed by atoms with E-state index in [-0.39, 0.29) is 24.2 Å². The molecule has 1 N–H and O–H groups in total. The maximum Gasteiger partial charge on any atom is 0.225 e. The Morgan fingerprint density at radius 1 is 1.21 bits per heavy atom. The molecule has 0 saturated heterocycles. The number of hydrogen-bond acceptors (Lipinski definition) is 3. The zero-order valence-electron chi connectivity index (χ0n) is 13.2. The molecule has 6 heteroatoms. The van der Waals surface area contributed by atoms with E-state index in [0.29, 0.717) is 5.56 Å². The molecular formula is C18H17FN4O. The van der Waals surface area contributed by atoms with E-state index in [1.54, 1.807) is 29.2 Å². The largest absolute Gasteiger partial charge is 0.349 e. The first kappa shape index (κ1) is 15.9. The minimum absolute atomic E-state index is 0.0219. The predicted molar refractivity (Wildman–Crippen MR) is 88.0 cm³/mol. The Morgan fingerprint density at radius 2 is 1.96 bits per heavy atom. The molecule has 0 radical (unpaired) electrons. The lowest BCUT2D eigenvalue weighted by Crippen LogP contribution is -2.28. The molecule has 1 heterocycles. The molecule has 0 spiro atoms. The van der Waals surface area contributed by atoms with Crippen LogP contribution in [0.25, 0.3) is 5.69 Å². The van der Waals surface area contributed by atoms with Crippen molar-refractivity contribution >= 4 is 5.91 Å². The Bertz CT molecular complexity index is 815. The highest BCUT2D eigenvalue weighted by molar-refractivity contribution is 5.79. The number of aromatic nitrogens is 3. The monoisotopic (exact) mass is 324 g/mol. The Hall–Kier alpha value is -3.02. The lowest BCUT2D eigenvalue weighted by Gasteiger charge is -2.15. The third-order valence-electron chi connectivity index (χ3n) is 3.76. The molecule has 0 aliphatic rings. The minimum atomic E-state index is -0.363. The number of amides is 1. The predicted octanol–water partition coefficient (Wildman–Crippen LogP) is 2.83. The molecule has 1 atom stereocenters. The van der Waals surface area contributed by atoms with Gasteiger partial charge in [-0.1, -0.05) is 30.3 Å². The molecule has 0 aliphatic carbocycles. The summed E-state index contributed by atoms with van der Waals surface area (Å²) in [6.45, 7) is 1.89. The number of rotatable bonds is 5. The summed E-state index contributed by atoms with van der Waals surface area (Å²) < 4.78 is 15.3. The highest BCUT2D eigenvalue weighted by Crippen LogP contribution is 2.16. The van der Waals surface area contributed by atoms with Crippen molar-refractivity contribution < 1.29 is 9.18 Å². The fourth-order valence-electron chi connectivity index (χ4n) is 2.45. The van der Waals surface area contributed by atoms with E-state index in [0.717, 1.165) is 11.3 Å². The topological polar surface area (TPSA) is 59.8 Å². The van der Waals surface area contributed by atoms with Crippen LogP contribution in [0.2, 0.25) is 0 Å². The first-order valence-electron chi connectivity index (χ1n) is 7.61. The minimum Gasteiger partial charge on any atom is -0.349 e. The van der Waals surface area contributed by atoms with Crippen LogP contribution in [0.3, 0.4) is 0 Å². The fourth-order valence-corrected chi connectivity index (χ4v) is 2.45. The summed E-state index contributed by atoms with van der Waals surface area (Å²) in [4.78, 5) is 16.0.